The Bertz CT molecular complexity index is 1740. The topological polar surface area (TPSA) is 339 Å². The van der Waals surface area contributed by atoms with Crippen LogP contribution in [0, 0.1) is 5.92 Å². The summed E-state index contributed by atoms with van der Waals surface area (Å²) in [5.74, 6) is -8.93. The highest BCUT2D eigenvalue weighted by atomic mass is 16.5. The molecule has 1 fully saturated rings. The Hall–Kier alpha value is -5.94. The van der Waals surface area contributed by atoms with Gasteiger partial charge in [-0.25, -0.2) is 15.2 Å². The molecule has 0 bridgehead atoms. The molecule has 0 saturated carbocycles. The van der Waals surface area contributed by atoms with Crippen LogP contribution >= 0.6 is 0 Å². The van der Waals surface area contributed by atoms with Gasteiger partial charge in [-0.2, -0.15) is 0 Å². The van der Waals surface area contributed by atoms with Crippen molar-refractivity contribution in [3.63, 3.8) is 0 Å². The van der Waals surface area contributed by atoms with Crippen LogP contribution < -0.4 is 37.6 Å². The zero-order chi connectivity index (χ0) is 47.4. The van der Waals surface area contributed by atoms with Crippen LogP contribution in [0.1, 0.15) is 105 Å². The monoisotopic (exact) mass is 892 g/mol. The molecule has 6 unspecified atom stereocenters. The number of nitrogens with one attached hydrogen (secondary N) is 6. The minimum absolute atomic E-state index is 0.0194. The second kappa shape index (κ2) is 26.5. The predicted molar refractivity (Wildman–Crippen MR) is 221 cm³/mol. The second-order valence-electron chi connectivity index (χ2n) is 16.0. The molecule has 2 rings (SSSR count). The molecule has 0 aromatic heterocycles. The molecule has 63 heavy (non-hydrogen) atoms. The van der Waals surface area contributed by atoms with E-state index in [-0.39, 0.29) is 76.9 Å². The van der Waals surface area contributed by atoms with Gasteiger partial charge >= 0.3 is 0 Å². The first-order valence-electron chi connectivity index (χ1n) is 21.0. The summed E-state index contributed by atoms with van der Waals surface area (Å²) in [5.41, 5.74) is 6.24. The van der Waals surface area contributed by atoms with Gasteiger partial charge in [0.05, 0.1) is 6.42 Å². The first kappa shape index (κ1) is 53.2. The molecule has 23 nitrogen and oxygen atoms in total. The van der Waals surface area contributed by atoms with E-state index >= 15 is 0 Å². The van der Waals surface area contributed by atoms with Gasteiger partial charge in [0.1, 0.15) is 36.3 Å². The molecule has 11 N–H and O–H groups in total. The molecule has 0 aromatic rings. The Morgan fingerprint density at radius 3 is 1.32 bits per heavy atom. The number of hydrogen-bond acceptors (Lipinski definition) is 13. The molecular weight excluding hydrogens is 828 g/mol. The summed E-state index contributed by atoms with van der Waals surface area (Å²) in [4.78, 5) is 132. The third-order valence-electron chi connectivity index (χ3n) is 10.2. The van der Waals surface area contributed by atoms with Gasteiger partial charge in [-0.1, -0.05) is 37.6 Å². The van der Waals surface area contributed by atoms with E-state index < -0.39 is 102 Å². The van der Waals surface area contributed by atoms with E-state index in [0.717, 1.165) is 26.3 Å². The zero-order valence-corrected chi connectivity index (χ0v) is 36.5. The zero-order valence-electron chi connectivity index (χ0n) is 36.5. The fraction of sp³-hybridized carbons (Fsp3) is 0.650. The maximum absolute atomic E-state index is 14.2. The average Bonchev–Trinajstić information content (AvgIpc) is 3.20. The van der Waals surface area contributed by atoms with Gasteiger partial charge in [-0.3, -0.25) is 63.6 Å². The van der Waals surface area contributed by atoms with Crippen molar-refractivity contribution in [1.29, 1.82) is 0 Å². The first-order chi connectivity index (χ1) is 29.6. The van der Waals surface area contributed by atoms with Gasteiger partial charge in [0.25, 0.3) is 0 Å². The largest absolute Gasteiger partial charge is 0.370 e. The number of carbonyl (C=O) groups excluding carboxylic acids is 10. The van der Waals surface area contributed by atoms with Crippen molar-refractivity contribution in [3.8, 4) is 0 Å². The molecule has 0 spiro atoms. The molecular formula is C40H64N10O13. The van der Waals surface area contributed by atoms with Crippen molar-refractivity contribution in [2.45, 2.75) is 141 Å². The maximum atomic E-state index is 14.2. The fourth-order valence-corrected chi connectivity index (χ4v) is 6.66. The summed E-state index contributed by atoms with van der Waals surface area (Å²) in [6.45, 7) is 5.98. The van der Waals surface area contributed by atoms with Gasteiger partial charge in [-0.15, -0.1) is 0 Å². The number of hydroxylamine groups is 6. The number of carbonyl (C=O) groups is 10. The molecule has 1 aliphatic carbocycles. The summed E-state index contributed by atoms with van der Waals surface area (Å²) < 4.78 is 0. The molecule has 23 heteroatoms. The molecule has 10 amide bonds. The van der Waals surface area contributed by atoms with E-state index in [1.165, 1.54) is 0 Å². The normalized spacial score (nSPS) is 22.8. The predicted octanol–water partition coefficient (Wildman–Crippen LogP) is -1.45. The van der Waals surface area contributed by atoms with Crippen LogP contribution in [0.15, 0.2) is 23.8 Å². The van der Waals surface area contributed by atoms with E-state index in [0.29, 0.717) is 28.0 Å². The highest BCUT2D eigenvalue weighted by Gasteiger charge is 2.36. The lowest BCUT2D eigenvalue weighted by molar-refractivity contribution is -0.163. The van der Waals surface area contributed by atoms with E-state index in [2.05, 4.69) is 31.9 Å². The molecule has 0 aromatic carbocycles. The van der Waals surface area contributed by atoms with E-state index in [4.69, 9.17) is 5.73 Å². The number of primary amides is 1. The number of nitrogens with two attached hydrogens (primary N) is 1. The van der Waals surface area contributed by atoms with Crippen molar-refractivity contribution < 1.29 is 63.6 Å². The average molecular weight is 893 g/mol. The van der Waals surface area contributed by atoms with Crippen LogP contribution in [0.5, 0.6) is 0 Å². The SMILES string of the molecule is CC(=O)N(O)CCCC1NC(=O)C(CCCN(O)C(C)=O)NC(=O)C(CC2=CC=CCC2)NC(=O)C(CC(C)C)NC(=O)C(CC(N)=O)NC(=O)C(CCCN(O)C(C)=O)NC1=O. The first-order valence-corrected chi connectivity index (χ1v) is 21.0. The number of amides is 10. The summed E-state index contributed by atoms with van der Waals surface area (Å²) in [7, 11) is 0. The third-order valence-corrected chi connectivity index (χ3v) is 10.2. The van der Waals surface area contributed by atoms with Crippen LogP contribution in [0.2, 0.25) is 0 Å². The summed E-state index contributed by atoms with van der Waals surface area (Å²) in [5, 5.41) is 46.5. The van der Waals surface area contributed by atoms with Crippen molar-refractivity contribution in [1.82, 2.24) is 47.1 Å². The van der Waals surface area contributed by atoms with Crippen molar-refractivity contribution in [2.75, 3.05) is 19.6 Å². The van der Waals surface area contributed by atoms with Gasteiger partial charge in [0, 0.05) is 40.4 Å². The van der Waals surface area contributed by atoms with Gasteiger partial charge in [-0.05, 0) is 70.1 Å². The molecule has 1 aliphatic heterocycles. The number of hydrogen-bond donors (Lipinski definition) is 10. The lowest BCUT2D eigenvalue weighted by Gasteiger charge is -2.30. The van der Waals surface area contributed by atoms with E-state index in [9.17, 15) is 63.6 Å². The summed E-state index contributed by atoms with van der Waals surface area (Å²) >= 11 is 0. The minimum Gasteiger partial charge on any atom is -0.370 e. The maximum Gasteiger partial charge on any atom is 0.243 e. The fourth-order valence-electron chi connectivity index (χ4n) is 6.66. The van der Waals surface area contributed by atoms with Crippen LogP contribution in [0.4, 0.5) is 0 Å². The Balaban J connectivity index is 2.76. The lowest BCUT2D eigenvalue weighted by atomic mass is 9.96. The summed E-state index contributed by atoms with van der Waals surface area (Å²) in [6, 6.07) is -8.87. The van der Waals surface area contributed by atoms with Crippen LogP contribution in [-0.4, -0.2) is 146 Å². The Morgan fingerprint density at radius 1 is 0.603 bits per heavy atom. The standard InChI is InChI=1S/C40H64N10O13/c1-23(2)20-31-38(58)46-32(21-27-12-7-6-8-13-27)39(59)44-29(15-10-18-49(62)25(4)52)36(56)42-28(14-9-17-48(61)24(3)51)35(55)43-30(16-11-19-50(63)26(5)53)37(57)47-33(22-34(41)54)40(60)45-31/h6-7,12,23,28-33,61-63H,8-11,13-22H2,1-5H3,(H2,41,54)(H,42,56)(H,43,55)(H,44,59)(H,45,60)(H,46,58)(H,47,57). The van der Waals surface area contributed by atoms with Gasteiger partial charge in [0.15, 0.2) is 0 Å². The Labute approximate surface area is 365 Å². The quantitative estimate of drug-likeness (QED) is 0.0557. The number of rotatable bonds is 18. The molecule has 2 aliphatic rings. The van der Waals surface area contributed by atoms with Gasteiger partial charge < -0.3 is 37.6 Å². The van der Waals surface area contributed by atoms with Gasteiger partial charge in [0.2, 0.25) is 59.1 Å². The summed E-state index contributed by atoms with van der Waals surface area (Å²) in [6.07, 6.45) is 4.96. The molecule has 1 heterocycles. The Kier molecular flexibility index (Phi) is 22.4. The molecule has 6 atom stereocenters. The van der Waals surface area contributed by atoms with E-state index in [1.807, 2.05) is 6.08 Å². The second-order valence-corrected chi connectivity index (χ2v) is 16.0. The van der Waals surface area contributed by atoms with Crippen molar-refractivity contribution in [2.24, 2.45) is 11.7 Å². The minimum atomic E-state index is -1.68. The molecule has 352 valence electrons. The van der Waals surface area contributed by atoms with Crippen LogP contribution in [0.25, 0.3) is 0 Å². The Morgan fingerprint density at radius 2 is 0.952 bits per heavy atom. The highest BCUT2D eigenvalue weighted by Crippen LogP contribution is 2.19. The van der Waals surface area contributed by atoms with Crippen molar-refractivity contribution >= 4 is 59.1 Å². The van der Waals surface area contributed by atoms with Crippen molar-refractivity contribution in [3.05, 3.63) is 23.8 Å². The smallest absolute Gasteiger partial charge is 0.243 e. The third kappa shape index (κ3) is 19.3. The lowest BCUT2D eigenvalue weighted by Crippen LogP contribution is -2.62. The molecule has 1 saturated heterocycles. The number of nitrogens with zero attached hydrogens (tertiary/aromatic N) is 3. The van der Waals surface area contributed by atoms with E-state index in [1.54, 1.807) is 26.0 Å². The number of allylic oxidation sites excluding steroid dienone is 3. The van der Waals surface area contributed by atoms with Crippen LogP contribution in [0.3, 0.4) is 0 Å². The molecule has 0 radical (unpaired) electrons. The highest BCUT2D eigenvalue weighted by molar-refractivity contribution is 5.99. The van der Waals surface area contributed by atoms with Crippen LogP contribution in [-0.2, 0) is 47.9 Å².